The van der Waals surface area contributed by atoms with Crippen LogP contribution in [0.2, 0.25) is 0 Å². The van der Waals surface area contributed by atoms with Crippen LogP contribution in [0.4, 0.5) is 0 Å². The molecule has 2 rings (SSSR count). The fourth-order valence-corrected chi connectivity index (χ4v) is 1.99. The van der Waals surface area contributed by atoms with Crippen molar-refractivity contribution < 1.29 is 4.79 Å². The third kappa shape index (κ3) is 3.41. The fourth-order valence-electron chi connectivity index (χ4n) is 1.99. The zero-order chi connectivity index (χ0) is 13.7. The third-order valence-electron chi connectivity index (χ3n) is 3.12. The number of hydrogen-bond acceptors (Lipinski definition) is 2. The van der Waals surface area contributed by atoms with Gasteiger partial charge < -0.3 is 5.73 Å². The minimum Gasteiger partial charge on any atom is -0.364 e. The molecule has 0 spiro atoms. The van der Waals surface area contributed by atoms with Gasteiger partial charge in [0.05, 0.1) is 0 Å². The van der Waals surface area contributed by atoms with E-state index in [-0.39, 0.29) is 0 Å². The molecule has 2 aromatic rings. The number of aromatic nitrogens is 1. The fraction of sp³-hybridized carbons (Fsp3) is 0.250. The van der Waals surface area contributed by atoms with Crippen LogP contribution in [-0.4, -0.2) is 10.9 Å². The van der Waals surface area contributed by atoms with E-state index in [1.165, 1.54) is 18.4 Å². The number of nitrogens with zero attached hydrogens (tertiary/aromatic N) is 1. The Bertz CT molecular complexity index is 561. The maximum absolute atomic E-state index is 11.1. The number of primary amides is 1. The molecule has 0 saturated heterocycles. The van der Waals surface area contributed by atoms with E-state index >= 15 is 0 Å². The van der Waals surface area contributed by atoms with Gasteiger partial charge in [0.25, 0.3) is 5.91 Å². The van der Waals surface area contributed by atoms with Crippen LogP contribution in [0.1, 0.15) is 35.8 Å². The lowest BCUT2D eigenvalue weighted by molar-refractivity contribution is 0.0995. The van der Waals surface area contributed by atoms with Crippen molar-refractivity contribution >= 4 is 5.91 Å². The summed E-state index contributed by atoms with van der Waals surface area (Å²) >= 11 is 0. The third-order valence-corrected chi connectivity index (χ3v) is 3.12. The second kappa shape index (κ2) is 6.14. The van der Waals surface area contributed by atoms with Gasteiger partial charge in [0.2, 0.25) is 0 Å². The van der Waals surface area contributed by atoms with Crippen molar-refractivity contribution in [3.63, 3.8) is 0 Å². The van der Waals surface area contributed by atoms with Crippen LogP contribution in [0, 0.1) is 0 Å². The number of aryl methyl sites for hydroxylation is 1. The maximum atomic E-state index is 11.1. The van der Waals surface area contributed by atoms with Gasteiger partial charge in [-0.05, 0) is 41.7 Å². The summed E-state index contributed by atoms with van der Waals surface area (Å²) in [5, 5.41) is 0. The molecular weight excluding hydrogens is 236 g/mol. The summed E-state index contributed by atoms with van der Waals surface area (Å²) in [5.41, 5.74) is 8.92. The number of unbranched alkanes of at least 4 members (excludes halogenated alkanes) is 1. The number of nitrogens with two attached hydrogens (primary N) is 1. The minimum absolute atomic E-state index is 0.299. The van der Waals surface area contributed by atoms with E-state index in [2.05, 4.69) is 36.2 Å². The van der Waals surface area contributed by atoms with Crippen molar-refractivity contribution in [3.05, 3.63) is 53.9 Å². The second-order valence-electron chi connectivity index (χ2n) is 4.59. The van der Waals surface area contributed by atoms with Crippen molar-refractivity contribution in [1.82, 2.24) is 4.98 Å². The molecule has 0 fully saturated rings. The first-order chi connectivity index (χ1) is 9.20. The quantitative estimate of drug-likeness (QED) is 0.890. The van der Waals surface area contributed by atoms with Crippen molar-refractivity contribution in [2.45, 2.75) is 26.2 Å². The Labute approximate surface area is 113 Å². The molecule has 1 aromatic carbocycles. The van der Waals surface area contributed by atoms with Gasteiger partial charge in [-0.3, -0.25) is 9.78 Å². The number of pyridine rings is 1. The lowest BCUT2D eigenvalue weighted by Gasteiger charge is -2.05. The van der Waals surface area contributed by atoms with Gasteiger partial charge in [-0.15, -0.1) is 0 Å². The summed E-state index contributed by atoms with van der Waals surface area (Å²) in [7, 11) is 0. The van der Waals surface area contributed by atoms with Crippen LogP contribution >= 0.6 is 0 Å². The summed E-state index contributed by atoms with van der Waals surface area (Å²) < 4.78 is 0. The van der Waals surface area contributed by atoms with Crippen LogP contribution in [0.3, 0.4) is 0 Å². The predicted molar refractivity (Wildman–Crippen MR) is 76.8 cm³/mol. The Morgan fingerprint density at radius 3 is 2.53 bits per heavy atom. The van der Waals surface area contributed by atoms with Crippen molar-refractivity contribution in [1.29, 1.82) is 0 Å². The van der Waals surface area contributed by atoms with Crippen molar-refractivity contribution in [2.75, 3.05) is 0 Å². The van der Waals surface area contributed by atoms with Crippen LogP contribution in [0.5, 0.6) is 0 Å². The number of carbonyl (C=O) groups excluding carboxylic acids is 1. The summed E-state index contributed by atoms with van der Waals surface area (Å²) in [4.78, 5) is 15.1. The molecule has 0 atom stereocenters. The highest BCUT2D eigenvalue weighted by atomic mass is 16.1. The van der Waals surface area contributed by atoms with Gasteiger partial charge in [0.15, 0.2) is 0 Å². The zero-order valence-electron chi connectivity index (χ0n) is 11.1. The predicted octanol–water partition coefficient (Wildman–Crippen LogP) is 3.19. The number of amides is 1. The van der Waals surface area contributed by atoms with E-state index in [1.54, 1.807) is 12.3 Å². The van der Waals surface area contributed by atoms with Gasteiger partial charge in [-0.2, -0.15) is 0 Å². The first kappa shape index (κ1) is 13.3. The van der Waals surface area contributed by atoms with Crippen LogP contribution in [0.25, 0.3) is 11.1 Å². The Kier molecular flexibility index (Phi) is 4.29. The molecule has 0 aliphatic carbocycles. The summed E-state index contributed by atoms with van der Waals surface area (Å²) in [6.07, 6.45) is 5.13. The molecule has 0 radical (unpaired) electrons. The van der Waals surface area contributed by atoms with E-state index in [0.29, 0.717) is 5.69 Å². The minimum atomic E-state index is -0.499. The molecule has 0 aliphatic rings. The highest BCUT2D eigenvalue weighted by Crippen LogP contribution is 2.20. The largest absolute Gasteiger partial charge is 0.364 e. The van der Waals surface area contributed by atoms with E-state index in [1.807, 2.05) is 6.07 Å². The molecule has 1 amide bonds. The average Bonchev–Trinajstić information content (AvgIpc) is 2.46. The maximum Gasteiger partial charge on any atom is 0.267 e. The van der Waals surface area contributed by atoms with Gasteiger partial charge in [-0.25, -0.2) is 0 Å². The average molecular weight is 254 g/mol. The molecule has 0 aliphatic heterocycles. The number of rotatable bonds is 5. The Balaban J connectivity index is 2.22. The molecule has 0 bridgehead atoms. The summed E-state index contributed by atoms with van der Waals surface area (Å²) in [6.45, 7) is 2.19. The number of hydrogen-bond donors (Lipinski definition) is 1. The van der Waals surface area contributed by atoms with Crippen molar-refractivity contribution in [3.8, 4) is 11.1 Å². The lowest BCUT2D eigenvalue weighted by atomic mass is 10.0. The zero-order valence-corrected chi connectivity index (χ0v) is 11.1. The number of benzene rings is 1. The van der Waals surface area contributed by atoms with E-state index < -0.39 is 5.91 Å². The molecule has 3 heteroatoms. The molecule has 3 nitrogen and oxygen atoms in total. The molecular formula is C16H18N2O. The molecule has 2 N–H and O–H groups in total. The highest BCUT2D eigenvalue weighted by molar-refractivity contribution is 5.92. The first-order valence-electron chi connectivity index (χ1n) is 6.56. The van der Waals surface area contributed by atoms with Crippen LogP contribution in [-0.2, 0) is 6.42 Å². The second-order valence-corrected chi connectivity index (χ2v) is 4.59. The standard InChI is InChI=1S/C16H18N2O/c1-2-3-4-12-5-7-13(8-6-12)14-9-10-18-15(11-14)16(17)19/h5-11H,2-4H2,1H3,(H2,17,19). The summed E-state index contributed by atoms with van der Waals surface area (Å²) in [5.74, 6) is -0.499. The molecule has 19 heavy (non-hydrogen) atoms. The highest BCUT2D eigenvalue weighted by Gasteiger charge is 2.04. The molecule has 0 unspecified atom stereocenters. The molecule has 1 aromatic heterocycles. The first-order valence-corrected chi connectivity index (χ1v) is 6.56. The monoisotopic (exact) mass is 254 g/mol. The molecule has 1 heterocycles. The van der Waals surface area contributed by atoms with Gasteiger partial charge in [0, 0.05) is 6.20 Å². The SMILES string of the molecule is CCCCc1ccc(-c2ccnc(C(N)=O)c2)cc1. The van der Waals surface area contributed by atoms with Gasteiger partial charge >= 0.3 is 0 Å². The Morgan fingerprint density at radius 1 is 1.16 bits per heavy atom. The topological polar surface area (TPSA) is 56.0 Å². The summed E-state index contributed by atoms with van der Waals surface area (Å²) in [6, 6.07) is 12.0. The van der Waals surface area contributed by atoms with Crippen LogP contribution in [0.15, 0.2) is 42.6 Å². The Hall–Kier alpha value is -2.16. The van der Waals surface area contributed by atoms with Gasteiger partial charge in [0.1, 0.15) is 5.69 Å². The lowest BCUT2D eigenvalue weighted by Crippen LogP contribution is -2.12. The number of carbonyl (C=O) groups is 1. The van der Waals surface area contributed by atoms with Gasteiger partial charge in [-0.1, -0.05) is 37.6 Å². The van der Waals surface area contributed by atoms with E-state index in [0.717, 1.165) is 17.5 Å². The van der Waals surface area contributed by atoms with Crippen molar-refractivity contribution in [2.24, 2.45) is 5.73 Å². The molecule has 98 valence electrons. The van der Waals surface area contributed by atoms with E-state index in [4.69, 9.17) is 5.73 Å². The van der Waals surface area contributed by atoms with E-state index in [9.17, 15) is 4.79 Å². The van der Waals surface area contributed by atoms with Crippen LogP contribution < -0.4 is 5.73 Å². The Morgan fingerprint density at radius 2 is 1.89 bits per heavy atom. The normalized spacial score (nSPS) is 10.4. The smallest absolute Gasteiger partial charge is 0.267 e. The molecule has 0 saturated carbocycles.